The fourth-order valence-corrected chi connectivity index (χ4v) is 7.41. The lowest BCUT2D eigenvalue weighted by atomic mass is 9.66. The van der Waals surface area contributed by atoms with Crippen LogP contribution in [0.5, 0.6) is 0 Å². The second-order valence-electron chi connectivity index (χ2n) is 10.9. The van der Waals surface area contributed by atoms with Gasteiger partial charge in [-0.25, -0.2) is 0 Å². The first-order valence-electron chi connectivity index (χ1n) is 12.5. The van der Waals surface area contributed by atoms with Crippen LogP contribution in [0.1, 0.15) is 109 Å². The Morgan fingerprint density at radius 3 is 0.926 bits per heavy atom. The molecule has 0 amide bonds. The predicted octanol–water partition coefficient (Wildman–Crippen LogP) is 6.09. The van der Waals surface area contributed by atoms with Crippen LogP contribution in [0, 0.1) is 35.5 Å². The summed E-state index contributed by atoms with van der Waals surface area (Å²) in [7, 11) is 0. The minimum atomic E-state index is 0.00592. The van der Waals surface area contributed by atoms with Crippen molar-refractivity contribution in [1.82, 2.24) is 0 Å². The molecule has 2 N–H and O–H groups in total. The zero-order valence-electron chi connectivity index (χ0n) is 17.5. The largest absolute Gasteiger partial charge is 0.393 e. The lowest BCUT2D eigenvalue weighted by Crippen LogP contribution is -2.29. The molecule has 0 unspecified atom stereocenters. The number of aliphatic hydroxyl groups excluding tert-OH is 2. The van der Waals surface area contributed by atoms with Gasteiger partial charge >= 0.3 is 0 Å². The molecule has 27 heavy (non-hydrogen) atoms. The minimum absolute atomic E-state index is 0.00592. The van der Waals surface area contributed by atoms with Crippen LogP contribution >= 0.6 is 0 Å². The van der Waals surface area contributed by atoms with Crippen molar-refractivity contribution >= 4 is 0 Å². The lowest BCUT2D eigenvalue weighted by molar-refractivity contribution is 0.0676. The van der Waals surface area contributed by atoms with Crippen LogP contribution in [-0.2, 0) is 0 Å². The highest BCUT2D eigenvalue weighted by Crippen LogP contribution is 2.45. The zero-order chi connectivity index (χ0) is 18.6. The molecule has 0 heterocycles. The Bertz CT molecular complexity index is 378. The van der Waals surface area contributed by atoms with Crippen molar-refractivity contribution in [3.8, 4) is 0 Å². The molecule has 0 aromatic rings. The van der Waals surface area contributed by atoms with E-state index in [4.69, 9.17) is 0 Å². The molecule has 0 radical (unpaired) electrons. The standard InChI is InChI=1S/C25H44O2/c26-24-13-9-22(10-14-24)20-5-1-18(2-6-20)17-19-3-7-21(8-4-19)23-11-15-25(27)16-12-23/h18-27H,1-17H2. The van der Waals surface area contributed by atoms with Crippen LogP contribution < -0.4 is 0 Å². The van der Waals surface area contributed by atoms with Crippen molar-refractivity contribution in [1.29, 1.82) is 0 Å². The van der Waals surface area contributed by atoms with E-state index in [0.717, 1.165) is 61.2 Å². The van der Waals surface area contributed by atoms with Crippen LogP contribution in [0.4, 0.5) is 0 Å². The molecule has 0 bridgehead atoms. The van der Waals surface area contributed by atoms with Crippen molar-refractivity contribution in [2.75, 3.05) is 0 Å². The van der Waals surface area contributed by atoms with E-state index in [1.807, 2.05) is 0 Å². The summed E-state index contributed by atoms with van der Waals surface area (Å²) in [5, 5.41) is 19.5. The van der Waals surface area contributed by atoms with Crippen molar-refractivity contribution in [2.45, 2.75) is 121 Å². The lowest BCUT2D eigenvalue weighted by Gasteiger charge is -2.40. The predicted molar refractivity (Wildman–Crippen MR) is 111 cm³/mol. The third-order valence-corrected chi connectivity index (χ3v) is 9.27. The Kier molecular flexibility index (Phi) is 7.19. The van der Waals surface area contributed by atoms with Gasteiger partial charge in [-0.05, 0) is 119 Å². The monoisotopic (exact) mass is 376 g/mol. The number of aliphatic hydroxyl groups is 2. The highest BCUT2D eigenvalue weighted by Gasteiger charge is 2.33. The number of hydrogen-bond donors (Lipinski definition) is 2. The third-order valence-electron chi connectivity index (χ3n) is 9.27. The van der Waals surface area contributed by atoms with Gasteiger partial charge in [-0.15, -0.1) is 0 Å². The Morgan fingerprint density at radius 2 is 0.630 bits per heavy atom. The normalized spacial score (nSPS) is 46.9. The molecule has 4 rings (SSSR count). The fraction of sp³-hybridized carbons (Fsp3) is 1.00. The van der Waals surface area contributed by atoms with Gasteiger partial charge in [-0.2, -0.15) is 0 Å². The summed E-state index contributed by atoms with van der Waals surface area (Å²) in [6, 6.07) is 0. The molecular formula is C25H44O2. The smallest absolute Gasteiger partial charge is 0.0540 e. The van der Waals surface area contributed by atoms with E-state index in [2.05, 4.69) is 0 Å². The summed E-state index contributed by atoms with van der Waals surface area (Å²) in [5.41, 5.74) is 0. The van der Waals surface area contributed by atoms with E-state index in [9.17, 15) is 10.2 Å². The fourth-order valence-electron chi connectivity index (χ4n) is 7.41. The first-order valence-corrected chi connectivity index (χ1v) is 12.5. The van der Waals surface area contributed by atoms with Crippen LogP contribution in [0.15, 0.2) is 0 Å². The first-order chi connectivity index (χ1) is 13.2. The van der Waals surface area contributed by atoms with Crippen molar-refractivity contribution in [3.05, 3.63) is 0 Å². The Labute approximate surface area is 167 Å². The summed E-state index contributed by atoms with van der Waals surface area (Å²) < 4.78 is 0. The maximum absolute atomic E-state index is 9.75. The average Bonchev–Trinajstić information content (AvgIpc) is 2.71. The molecule has 4 aliphatic carbocycles. The molecule has 0 aromatic heterocycles. The van der Waals surface area contributed by atoms with E-state index < -0.39 is 0 Å². The maximum Gasteiger partial charge on any atom is 0.0540 e. The van der Waals surface area contributed by atoms with Gasteiger partial charge in [-0.3, -0.25) is 0 Å². The second-order valence-corrected chi connectivity index (χ2v) is 10.9. The quantitative estimate of drug-likeness (QED) is 0.623. The van der Waals surface area contributed by atoms with Crippen molar-refractivity contribution < 1.29 is 10.2 Å². The summed E-state index contributed by atoms with van der Waals surface area (Å²) in [6.07, 6.45) is 22.8. The minimum Gasteiger partial charge on any atom is -0.393 e. The molecule has 4 fully saturated rings. The van der Waals surface area contributed by atoms with Gasteiger partial charge in [0.2, 0.25) is 0 Å². The molecule has 0 saturated heterocycles. The van der Waals surface area contributed by atoms with Crippen LogP contribution in [0.3, 0.4) is 0 Å². The third kappa shape index (κ3) is 5.50. The molecule has 156 valence electrons. The molecular weight excluding hydrogens is 332 g/mol. The van der Waals surface area contributed by atoms with Crippen molar-refractivity contribution in [3.63, 3.8) is 0 Å². The molecule has 4 aliphatic rings. The summed E-state index contributed by atoms with van der Waals surface area (Å²) in [6.45, 7) is 0. The summed E-state index contributed by atoms with van der Waals surface area (Å²) in [5.74, 6) is 5.85. The highest BCUT2D eigenvalue weighted by molar-refractivity contribution is 4.85. The molecule has 0 aromatic carbocycles. The van der Waals surface area contributed by atoms with Gasteiger partial charge in [0.1, 0.15) is 0 Å². The van der Waals surface area contributed by atoms with E-state index >= 15 is 0 Å². The number of hydrogen-bond acceptors (Lipinski definition) is 2. The van der Waals surface area contributed by atoms with E-state index in [1.54, 1.807) is 0 Å². The van der Waals surface area contributed by atoms with E-state index in [-0.39, 0.29) is 12.2 Å². The van der Waals surface area contributed by atoms with Gasteiger partial charge in [-0.1, -0.05) is 25.7 Å². The molecule has 0 atom stereocenters. The van der Waals surface area contributed by atoms with Crippen molar-refractivity contribution in [2.24, 2.45) is 35.5 Å². The first kappa shape index (κ1) is 20.2. The molecule has 0 aliphatic heterocycles. The van der Waals surface area contributed by atoms with E-state index in [1.165, 1.54) is 83.5 Å². The topological polar surface area (TPSA) is 40.5 Å². The molecule has 2 heteroatoms. The van der Waals surface area contributed by atoms with Crippen LogP contribution in [0.2, 0.25) is 0 Å². The SMILES string of the molecule is OC1CCC(C2CCC(CC3CCC(C4CCC(O)CC4)CC3)CC2)CC1. The Balaban J connectivity index is 1.13. The van der Waals surface area contributed by atoms with Gasteiger partial charge < -0.3 is 10.2 Å². The zero-order valence-corrected chi connectivity index (χ0v) is 17.5. The highest BCUT2D eigenvalue weighted by atomic mass is 16.3. The molecule has 4 saturated carbocycles. The maximum atomic E-state index is 9.75. The molecule has 0 spiro atoms. The van der Waals surface area contributed by atoms with Gasteiger partial charge in [0.05, 0.1) is 12.2 Å². The summed E-state index contributed by atoms with van der Waals surface area (Å²) in [4.78, 5) is 0. The Morgan fingerprint density at radius 1 is 0.370 bits per heavy atom. The molecule has 2 nitrogen and oxygen atoms in total. The van der Waals surface area contributed by atoms with E-state index in [0.29, 0.717) is 0 Å². The van der Waals surface area contributed by atoms with Gasteiger partial charge in [0, 0.05) is 0 Å². The second kappa shape index (κ2) is 9.61. The summed E-state index contributed by atoms with van der Waals surface area (Å²) >= 11 is 0. The average molecular weight is 377 g/mol. The van der Waals surface area contributed by atoms with Crippen LogP contribution in [0.25, 0.3) is 0 Å². The van der Waals surface area contributed by atoms with Crippen LogP contribution in [-0.4, -0.2) is 22.4 Å². The Hall–Kier alpha value is -0.0800. The van der Waals surface area contributed by atoms with Gasteiger partial charge in [0.15, 0.2) is 0 Å². The van der Waals surface area contributed by atoms with Gasteiger partial charge in [0.25, 0.3) is 0 Å². The number of rotatable bonds is 4.